The Morgan fingerprint density at radius 1 is 1.05 bits per heavy atom. The fourth-order valence-corrected chi connectivity index (χ4v) is 5.82. The van der Waals surface area contributed by atoms with Crippen molar-refractivity contribution in [3.05, 3.63) is 116 Å². The van der Waals surface area contributed by atoms with Crippen LogP contribution < -0.4 is 10.9 Å². The highest BCUT2D eigenvalue weighted by Crippen LogP contribution is 2.33. The van der Waals surface area contributed by atoms with Crippen LogP contribution in [0.2, 0.25) is 4.34 Å². The Morgan fingerprint density at radius 2 is 1.90 bits per heavy atom. The van der Waals surface area contributed by atoms with Crippen LogP contribution in [0, 0.1) is 0 Å². The van der Waals surface area contributed by atoms with Crippen LogP contribution in [-0.4, -0.2) is 35.4 Å². The van der Waals surface area contributed by atoms with Crippen LogP contribution in [-0.2, 0) is 13.1 Å². The van der Waals surface area contributed by atoms with Gasteiger partial charge < -0.3 is 9.73 Å². The molecule has 204 valence electrons. The van der Waals surface area contributed by atoms with Gasteiger partial charge in [-0.05, 0) is 41.4 Å². The van der Waals surface area contributed by atoms with Gasteiger partial charge >= 0.3 is 5.91 Å². The van der Waals surface area contributed by atoms with E-state index >= 15 is 0 Å². The molecule has 5 heterocycles. The molecule has 41 heavy (non-hydrogen) atoms. The van der Waals surface area contributed by atoms with Crippen molar-refractivity contribution >= 4 is 52.0 Å². The van der Waals surface area contributed by atoms with E-state index in [0.29, 0.717) is 39.2 Å². The second kappa shape index (κ2) is 11.5. The van der Waals surface area contributed by atoms with Gasteiger partial charge in [-0.1, -0.05) is 41.9 Å². The van der Waals surface area contributed by atoms with E-state index in [1.165, 1.54) is 39.1 Å². The molecule has 5 aromatic heterocycles. The van der Waals surface area contributed by atoms with Gasteiger partial charge in [-0.3, -0.25) is 19.0 Å². The van der Waals surface area contributed by atoms with Crippen molar-refractivity contribution in [2.75, 3.05) is 5.32 Å². The smallest absolute Gasteiger partial charge is 0.335 e. The van der Waals surface area contributed by atoms with Crippen molar-refractivity contribution in [3.8, 4) is 22.5 Å². The number of carbonyl (C=O) groups is 2. The van der Waals surface area contributed by atoms with Crippen LogP contribution >= 0.6 is 34.5 Å². The summed E-state index contributed by atoms with van der Waals surface area (Å²) in [6.07, 6.45) is 2.68. The van der Waals surface area contributed by atoms with E-state index in [9.17, 15) is 14.4 Å². The normalized spacial score (nSPS) is 11.0. The zero-order valence-corrected chi connectivity index (χ0v) is 23.4. The van der Waals surface area contributed by atoms with Gasteiger partial charge in [0.1, 0.15) is 17.8 Å². The number of halogens is 1. The molecule has 1 N–H and O–H groups in total. The average molecular weight is 603 g/mol. The third-order valence-corrected chi connectivity index (χ3v) is 7.91. The summed E-state index contributed by atoms with van der Waals surface area (Å²) in [5.74, 6) is -0.641. The molecular formula is C28H19ClN6O4S2. The van der Waals surface area contributed by atoms with E-state index in [0.717, 1.165) is 16.4 Å². The average Bonchev–Trinajstić information content (AvgIpc) is 3.80. The lowest BCUT2D eigenvalue weighted by Gasteiger charge is -2.16. The number of oxazole rings is 1. The summed E-state index contributed by atoms with van der Waals surface area (Å²) in [5, 5.41) is 9.56. The number of pyridine rings is 1. The van der Waals surface area contributed by atoms with Crippen molar-refractivity contribution in [2.24, 2.45) is 0 Å². The summed E-state index contributed by atoms with van der Waals surface area (Å²) >= 11 is 8.67. The van der Waals surface area contributed by atoms with E-state index in [-0.39, 0.29) is 29.5 Å². The van der Waals surface area contributed by atoms with Crippen LogP contribution in [0.5, 0.6) is 0 Å². The van der Waals surface area contributed by atoms with Crippen LogP contribution in [0.3, 0.4) is 0 Å². The molecule has 0 saturated carbocycles. The first-order valence-electron chi connectivity index (χ1n) is 12.2. The first-order valence-corrected chi connectivity index (χ1v) is 14.3. The molecule has 0 unspecified atom stereocenters. The molecule has 13 heteroatoms. The molecule has 0 fully saturated rings. The Balaban J connectivity index is 1.48. The van der Waals surface area contributed by atoms with E-state index in [1.54, 1.807) is 29.6 Å². The zero-order chi connectivity index (χ0) is 28.3. The predicted octanol–water partition coefficient (Wildman–Crippen LogP) is 5.72. The van der Waals surface area contributed by atoms with Crippen molar-refractivity contribution < 1.29 is 14.0 Å². The summed E-state index contributed by atoms with van der Waals surface area (Å²) in [5.41, 5.74) is 2.04. The SMILES string of the molecule is O=C(Cn1c(-c2ccccc2)c(-c2cc(NCc3ccc(Cl)s3)n(C(=O)c3ncco3)n2)ccc1=O)c1ccsn1. The van der Waals surface area contributed by atoms with Crippen LogP contribution in [0.25, 0.3) is 22.5 Å². The zero-order valence-electron chi connectivity index (χ0n) is 21.1. The number of aromatic nitrogens is 5. The molecule has 0 bridgehead atoms. The Hall–Kier alpha value is -4.65. The van der Waals surface area contributed by atoms with Gasteiger partial charge in [0, 0.05) is 28.0 Å². The largest absolute Gasteiger partial charge is 0.441 e. The number of rotatable bonds is 9. The number of nitrogens with zero attached hydrogens (tertiary/aromatic N) is 5. The van der Waals surface area contributed by atoms with Gasteiger partial charge in [-0.15, -0.1) is 11.3 Å². The lowest BCUT2D eigenvalue weighted by atomic mass is 10.0. The third-order valence-electron chi connectivity index (χ3n) is 6.12. The molecule has 0 amide bonds. The minimum absolute atomic E-state index is 0.135. The third kappa shape index (κ3) is 5.53. The van der Waals surface area contributed by atoms with Crippen molar-refractivity contribution in [1.82, 2.24) is 23.7 Å². The maximum atomic E-state index is 13.3. The first kappa shape index (κ1) is 26.6. The van der Waals surface area contributed by atoms with E-state index < -0.39 is 5.91 Å². The fourth-order valence-electron chi connectivity index (χ4n) is 4.27. The minimum atomic E-state index is -0.582. The topological polar surface area (TPSA) is 125 Å². The highest BCUT2D eigenvalue weighted by Gasteiger charge is 2.24. The second-order valence-corrected chi connectivity index (χ2v) is 11.2. The van der Waals surface area contributed by atoms with Gasteiger partial charge in [-0.2, -0.15) is 14.2 Å². The Kier molecular flexibility index (Phi) is 7.42. The monoisotopic (exact) mass is 602 g/mol. The molecule has 0 saturated heterocycles. The fraction of sp³-hybridized carbons (Fsp3) is 0.0714. The van der Waals surface area contributed by atoms with Crippen LogP contribution in [0.15, 0.2) is 93.8 Å². The van der Waals surface area contributed by atoms with Gasteiger partial charge in [-0.25, -0.2) is 4.98 Å². The summed E-state index contributed by atoms with van der Waals surface area (Å²) in [6, 6.07) is 19.3. The molecule has 0 aliphatic heterocycles. The molecule has 1 aromatic carbocycles. The van der Waals surface area contributed by atoms with Gasteiger partial charge in [0.25, 0.3) is 11.4 Å². The van der Waals surface area contributed by atoms with Crippen LogP contribution in [0.1, 0.15) is 26.1 Å². The summed E-state index contributed by atoms with van der Waals surface area (Å²) in [7, 11) is 0. The molecule has 0 spiro atoms. The summed E-state index contributed by atoms with van der Waals surface area (Å²) in [6.45, 7) is 0.162. The lowest BCUT2D eigenvalue weighted by molar-refractivity contribution is 0.0912. The minimum Gasteiger partial charge on any atom is -0.441 e. The first-order chi connectivity index (χ1) is 20.0. The summed E-state index contributed by atoms with van der Waals surface area (Å²) in [4.78, 5) is 44.5. The Bertz CT molecular complexity index is 1890. The number of benzene rings is 1. The number of anilines is 1. The highest BCUT2D eigenvalue weighted by atomic mass is 35.5. The number of thiophene rings is 1. The maximum absolute atomic E-state index is 13.3. The molecule has 0 atom stereocenters. The highest BCUT2D eigenvalue weighted by molar-refractivity contribution is 7.16. The molecule has 6 aromatic rings. The number of hydrogen-bond acceptors (Lipinski definition) is 10. The van der Waals surface area contributed by atoms with Gasteiger partial charge in [0.05, 0.1) is 35.0 Å². The lowest BCUT2D eigenvalue weighted by Crippen LogP contribution is -2.26. The number of nitrogens with one attached hydrogen (secondary N) is 1. The predicted molar refractivity (Wildman–Crippen MR) is 157 cm³/mol. The van der Waals surface area contributed by atoms with E-state index in [1.807, 2.05) is 36.4 Å². The Morgan fingerprint density at radius 3 is 2.61 bits per heavy atom. The van der Waals surface area contributed by atoms with Gasteiger partial charge in [0.15, 0.2) is 0 Å². The summed E-state index contributed by atoms with van der Waals surface area (Å²) < 4.78 is 12.6. The van der Waals surface area contributed by atoms with E-state index in [2.05, 4.69) is 19.8 Å². The molecule has 6 rings (SSSR count). The quantitative estimate of drug-likeness (QED) is 0.208. The standard InChI is InChI=1S/C28H19ClN6O4S2/c29-23-8-6-18(41-23)15-31-24-14-21(32-35(24)28(38)27-30-11-12-39-27)19-7-9-25(37)34(16-22(36)20-10-13-40-33-20)26(19)17-4-2-1-3-5-17/h1-14,31H,15-16H2. The molecule has 0 aliphatic rings. The Labute approximate surface area is 245 Å². The number of hydrogen-bond donors (Lipinski definition) is 1. The van der Waals surface area contributed by atoms with Crippen molar-refractivity contribution in [3.63, 3.8) is 0 Å². The molecular weight excluding hydrogens is 584 g/mol. The molecule has 0 radical (unpaired) electrons. The maximum Gasteiger partial charge on any atom is 0.335 e. The number of ketones is 1. The van der Waals surface area contributed by atoms with Crippen LogP contribution in [0.4, 0.5) is 5.82 Å². The van der Waals surface area contributed by atoms with Gasteiger partial charge in [0.2, 0.25) is 5.78 Å². The molecule has 10 nitrogen and oxygen atoms in total. The van der Waals surface area contributed by atoms with Crippen molar-refractivity contribution in [1.29, 1.82) is 0 Å². The number of Topliss-reactive ketones (excluding diaryl/α,β-unsaturated/α-hetero) is 1. The molecule has 0 aliphatic carbocycles. The van der Waals surface area contributed by atoms with E-state index in [4.69, 9.17) is 16.0 Å². The van der Waals surface area contributed by atoms with Crippen molar-refractivity contribution in [2.45, 2.75) is 13.1 Å². The second-order valence-electron chi connectivity index (χ2n) is 8.72. The number of carbonyl (C=O) groups excluding carboxylic acids is 2.